The standard InChI is InChI=1S/C81H158O17P2/c1-8-11-12-13-14-15-16-30-36-41-50-57-64-80(85)98-77(69-92-79(84)63-56-49-44-43-47-54-61-74(7)10-3)71-96-100(89,90)94-67-75(82)66-93-99(87,88)95-70-76(68-91-78(83)62-55-48-40-35-31-27-23-24-28-33-38-45-52-59-72(4)5)97-81(86)65-58-51-42-37-32-26-22-20-18-17-19-21-25-29-34-39-46-53-60-73(6)9-2/h72-77,82H,8-71H2,1-7H3,(H,87,88)(H,89,90)/t73?,74?,75-,76-,77-/m1/s1. The Balaban J connectivity index is 5.21. The van der Waals surface area contributed by atoms with Gasteiger partial charge in [0, 0.05) is 25.7 Å². The van der Waals surface area contributed by atoms with E-state index in [1.807, 2.05) is 0 Å². The third kappa shape index (κ3) is 71.7. The van der Waals surface area contributed by atoms with Crippen molar-refractivity contribution in [3.05, 3.63) is 0 Å². The molecule has 0 aliphatic rings. The summed E-state index contributed by atoms with van der Waals surface area (Å²) in [5.74, 6) is 0.281. The van der Waals surface area contributed by atoms with E-state index in [0.717, 1.165) is 114 Å². The molecule has 0 aliphatic heterocycles. The Morgan fingerprint density at radius 2 is 0.510 bits per heavy atom. The summed E-state index contributed by atoms with van der Waals surface area (Å²) >= 11 is 0. The number of phosphoric acid groups is 2. The monoisotopic (exact) mass is 1470 g/mol. The van der Waals surface area contributed by atoms with Crippen LogP contribution in [0.4, 0.5) is 0 Å². The number of aliphatic hydroxyl groups excluding tert-OH is 1. The van der Waals surface area contributed by atoms with Crippen molar-refractivity contribution in [3.63, 3.8) is 0 Å². The van der Waals surface area contributed by atoms with Crippen LogP contribution in [0.3, 0.4) is 0 Å². The van der Waals surface area contributed by atoms with E-state index >= 15 is 0 Å². The van der Waals surface area contributed by atoms with Gasteiger partial charge in [-0.05, 0) is 43.4 Å². The average molecular weight is 1470 g/mol. The highest BCUT2D eigenvalue weighted by Crippen LogP contribution is 2.45. The number of carbonyl (C=O) groups is 4. The molecule has 19 heteroatoms. The Labute approximate surface area is 613 Å². The number of hydrogen-bond donors (Lipinski definition) is 3. The largest absolute Gasteiger partial charge is 0.472 e. The molecule has 0 amide bonds. The normalized spacial score (nSPS) is 14.5. The Hall–Kier alpha value is -1.94. The van der Waals surface area contributed by atoms with Gasteiger partial charge < -0.3 is 33.8 Å². The lowest BCUT2D eigenvalue weighted by atomic mass is 9.99. The maximum atomic E-state index is 13.1. The van der Waals surface area contributed by atoms with Crippen molar-refractivity contribution < 1.29 is 80.2 Å². The van der Waals surface area contributed by atoms with Crippen LogP contribution < -0.4 is 0 Å². The fourth-order valence-electron chi connectivity index (χ4n) is 12.4. The van der Waals surface area contributed by atoms with Crippen LogP contribution in [0, 0.1) is 17.8 Å². The Kier molecular flexibility index (Phi) is 69.9. The third-order valence-corrected chi connectivity index (χ3v) is 21.5. The number of hydrogen-bond acceptors (Lipinski definition) is 15. The minimum atomic E-state index is -4.96. The van der Waals surface area contributed by atoms with Gasteiger partial charge in [-0.15, -0.1) is 0 Å². The van der Waals surface area contributed by atoms with Crippen molar-refractivity contribution in [3.8, 4) is 0 Å². The van der Waals surface area contributed by atoms with Crippen molar-refractivity contribution in [2.45, 2.75) is 439 Å². The van der Waals surface area contributed by atoms with Crippen LogP contribution in [0.1, 0.15) is 421 Å². The van der Waals surface area contributed by atoms with Crippen LogP contribution in [-0.2, 0) is 65.4 Å². The highest BCUT2D eigenvalue weighted by atomic mass is 31.2. The first-order chi connectivity index (χ1) is 48.3. The molecule has 4 unspecified atom stereocenters. The second-order valence-corrected chi connectivity index (χ2v) is 33.0. The molecule has 0 rings (SSSR count). The van der Waals surface area contributed by atoms with Crippen LogP contribution in [0.25, 0.3) is 0 Å². The zero-order valence-corrected chi connectivity index (χ0v) is 67.5. The molecule has 0 aromatic heterocycles. The molecule has 0 saturated heterocycles. The molecule has 594 valence electrons. The molecule has 0 aromatic carbocycles. The van der Waals surface area contributed by atoms with Crippen LogP contribution in [0.2, 0.25) is 0 Å². The zero-order valence-electron chi connectivity index (χ0n) is 65.7. The number of carbonyl (C=O) groups excluding carboxylic acids is 4. The van der Waals surface area contributed by atoms with Gasteiger partial charge in [0.05, 0.1) is 26.4 Å². The van der Waals surface area contributed by atoms with Crippen molar-refractivity contribution in [2.75, 3.05) is 39.6 Å². The van der Waals surface area contributed by atoms with E-state index < -0.39 is 97.5 Å². The van der Waals surface area contributed by atoms with E-state index in [1.54, 1.807) is 0 Å². The molecule has 3 N–H and O–H groups in total. The molecule has 0 radical (unpaired) electrons. The van der Waals surface area contributed by atoms with Gasteiger partial charge in [-0.2, -0.15) is 0 Å². The minimum Gasteiger partial charge on any atom is -0.462 e. The lowest BCUT2D eigenvalue weighted by molar-refractivity contribution is -0.161. The van der Waals surface area contributed by atoms with Crippen LogP contribution in [0.5, 0.6) is 0 Å². The van der Waals surface area contributed by atoms with E-state index in [0.29, 0.717) is 25.7 Å². The Morgan fingerprint density at radius 1 is 0.290 bits per heavy atom. The van der Waals surface area contributed by atoms with Crippen LogP contribution in [0.15, 0.2) is 0 Å². The second-order valence-electron chi connectivity index (χ2n) is 30.1. The molecular weight excluding hydrogens is 1310 g/mol. The van der Waals surface area contributed by atoms with Gasteiger partial charge in [-0.25, -0.2) is 9.13 Å². The van der Waals surface area contributed by atoms with Gasteiger partial charge in [-0.1, -0.05) is 370 Å². The molecule has 100 heavy (non-hydrogen) atoms. The zero-order chi connectivity index (χ0) is 73.7. The first-order valence-corrected chi connectivity index (χ1v) is 44.9. The lowest BCUT2D eigenvalue weighted by Gasteiger charge is -2.21. The van der Waals surface area contributed by atoms with E-state index in [4.69, 9.17) is 37.0 Å². The number of unbranched alkanes of at least 4 members (excludes halogenated alkanes) is 45. The molecule has 0 spiro atoms. The lowest BCUT2D eigenvalue weighted by Crippen LogP contribution is -2.30. The summed E-state index contributed by atoms with van der Waals surface area (Å²) in [5.41, 5.74) is 0. The minimum absolute atomic E-state index is 0.106. The fraction of sp³-hybridized carbons (Fsp3) is 0.951. The van der Waals surface area contributed by atoms with Gasteiger partial charge in [0.2, 0.25) is 0 Å². The van der Waals surface area contributed by atoms with Gasteiger partial charge >= 0.3 is 39.5 Å². The summed E-state index contributed by atoms with van der Waals surface area (Å²) in [5, 5.41) is 10.6. The van der Waals surface area contributed by atoms with Crippen molar-refractivity contribution in [2.24, 2.45) is 17.8 Å². The van der Waals surface area contributed by atoms with E-state index in [9.17, 15) is 43.2 Å². The molecule has 0 saturated carbocycles. The molecular formula is C81H158O17P2. The summed E-state index contributed by atoms with van der Waals surface area (Å²) in [4.78, 5) is 73.0. The molecule has 7 atom stereocenters. The summed E-state index contributed by atoms with van der Waals surface area (Å²) in [6.07, 6.45) is 59.7. The summed E-state index contributed by atoms with van der Waals surface area (Å²) in [6, 6.07) is 0. The average Bonchev–Trinajstić information content (AvgIpc) is 0.933. The van der Waals surface area contributed by atoms with Crippen LogP contribution >= 0.6 is 15.6 Å². The maximum Gasteiger partial charge on any atom is 0.472 e. The first-order valence-electron chi connectivity index (χ1n) is 41.9. The number of phosphoric ester groups is 2. The topological polar surface area (TPSA) is 237 Å². The van der Waals surface area contributed by atoms with Gasteiger partial charge in [-0.3, -0.25) is 37.3 Å². The van der Waals surface area contributed by atoms with Crippen molar-refractivity contribution in [1.29, 1.82) is 0 Å². The van der Waals surface area contributed by atoms with Gasteiger partial charge in [0.15, 0.2) is 12.2 Å². The Bertz CT molecular complexity index is 1940. The van der Waals surface area contributed by atoms with Crippen LogP contribution in [-0.4, -0.2) is 96.7 Å². The SMILES string of the molecule is CCCCCCCCCCCCCCC(=O)O[C@H](COC(=O)CCCCCCCCC(C)CC)COP(=O)(O)OC[C@H](O)COP(=O)(O)OC[C@@H](COC(=O)CCCCCCCCCCCCCCCC(C)C)OC(=O)CCCCCCCCCCCCCCCCCCCCC(C)CC. The maximum absolute atomic E-state index is 13.1. The predicted molar refractivity (Wildman–Crippen MR) is 409 cm³/mol. The number of ether oxygens (including phenoxy) is 4. The molecule has 17 nitrogen and oxygen atoms in total. The highest BCUT2D eigenvalue weighted by Gasteiger charge is 2.30. The van der Waals surface area contributed by atoms with Crippen molar-refractivity contribution in [1.82, 2.24) is 0 Å². The predicted octanol–water partition coefficient (Wildman–Crippen LogP) is 24.1. The quantitative estimate of drug-likeness (QED) is 0.0222. The van der Waals surface area contributed by atoms with Gasteiger partial charge in [0.1, 0.15) is 19.3 Å². The summed E-state index contributed by atoms with van der Waals surface area (Å²) in [7, 11) is -9.92. The fourth-order valence-corrected chi connectivity index (χ4v) is 14.0. The second kappa shape index (κ2) is 71.3. The van der Waals surface area contributed by atoms with Gasteiger partial charge in [0.25, 0.3) is 0 Å². The number of rotatable bonds is 79. The number of esters is 4. The van der Waals surface area contributed by atoms with E-state index in [-0.39, 0.29) is 25.7 Å². The molecule has 0 heterocycles. The summed E-state index contributed by atoms with van der Waals surface area (Å²) in [6.45, 7) is 12.0. The highest BCUT2D eigenvalue weighted by molar-refractivity contribution is 7.47. The smallest absolute Gasteiger partial charge is 0.462 e. The third-order valence-electron chi connectivity index (χ3n) is 19.6. The number of aliphatic hydroxyl groups is 1. The first kappa shape index (κ1) is 98.1. The molecule has 0 fully saturated rings. The summed E-state index contributed by atoms with van der Waals surface area (Å²) < 4.78 is 68.7. The van der Waals surface area contributed by atoms with E-state index in [1.165, 1.54) is 225 Å². The molecule has 0 bridgehead atoms. The molecule has 0 aliphatic carbocycles. The Morgan fingerprint density at radius 3 is 0.760 bits per heavy atom. The van der Waals surface area contributed by atoms with Crippen molar-refractivity contribution >= 4 is 39.5 Å². The van der Waals surface area contributed by atoms with E-state index in [2.05, 4.69) is 48.5 Å². The molecule has 0 aromatic rings.